The number of benzene rings is 8. The molecule has 9 aromatic rings. The molecule has 0 amide bonds. The van der Waals surface area contributed by atoms with Gasteiger partial charge in [0.25, 0.3) is 0 Å². The summed E-state index contributed by atoms with van der Waals surface area (Å²) in [5.74, 6) is 1.88. The van der Waals surface area contributed by atoms with E-state index in [4.69, 9.17) is 15.0 Å². The lowest BCUT2D eigenvalue weighted by Crippen LogP contribution is -2.00. The van der Waals surface area contributed by atoms with E-state index in [1.807, 2.05) is 48.5 Å². The van der Waals surface area contributed by atoms with Gasteiger partial charge in [0.2, 0.25) is 0 Å². The molecule has 8 aromatic carbocycles. The predicted molar refractivity (Wildman–Crippen MR) is 223 cm³/mol. The van der Waals surface area contributed by atoms with Gasteiger partial charge in [0.15, 0.2) is 17.5 Å². The van der Waals surface area contributed by atoms with Crippen LogP contribution in [-0.2, 0) is 0 Å². The van der Waals surface area contributed by atoms with E-state index >= 15 is 0 Å². The lowest BCUT2D eigenvalue weighted by molar-refractivity contribution is 1.07. The SMILES string of the molecule is c1ccc(-c2ccc(-c3cc(-c4ccc(-c5ccccc5)cc4)cc(-c4nc(-c5ccccc5)nc(-c5ccc(-c6ccccc6)cc5)n4)c3)cc2)cc1. The molecule has 1 heterocycles. The van der Waals surface area contributed by atoms with E-state index in [1.165, 1.54) is 27.8 Å². The molecule has 3 heteroatoms. The Morgan fingerprint density at radius 2 is 0.370 bits per heavy atom. The molecule has 0 N–H and O–H groups in total. The molecule has 0 saturated heterocycles. The Kier molecular flexibility index (Phi) is 8.94. The minimum atomic E-state index is 0.621. The Morgan fingerprint density at radius 1 is 0.167 bits per heavy atom. The van der Waals surface area contributed by atoms with Gasteiger partial charge in [0.05, 0.1) is 0 Å². The summed E-state index contributed by atoms with van der Waals surface area (Å²) in [6, 6.07) is 74.2. The average molecular weight is 690 g/mol. The molecule has 9 rings (SSSR count). The van der Waals surface area contributed by atoms with Crippen LogP contribution in [0.5, 0.6) is 0 Å². The van der Waals surface area contributed by atoms with Crippen molar-refractivity contribution in [3.05, 3.63) is 212 Å². The second kappa shape index (κ2) is 14.8. The van der Waals surface area contributed by atoms with Gasteiger partial charge in [-0.3, -0.25) is 0 Å². The predicted octanol–water partition coefficient (Wildman–Crippen LogP) is 13.2. The number of hydrogen-bond acceptors (Lipinski definition) is 3. The molecule has 0 aliphatic heterocycles. The van der Waals surface area contributed by atoms with Gasteiger partial charge in [-0.15, -0.1) is 0 Å². The van der Waals surface area contributed by atoms with E-state index in [0.717, 1.165) is 44.5 Å². The zero-order valence-electron chi connectivity index (χ0n) is 29.5. The summed E-state index contributed by atoms with van der Waals surface area (Å²) in [4.78, 5) is 15.3. The van der Waals surface area contributed by atoms with Gasteiger partial charge in [0.1, 0.15) is 0 Å². The van der Waals surface area contributed by atoms with Gasteiger partial charge in [0, 0.05) is 16.7 Å². The third-order valence-corrected chi connectivity index (χ3v) is 9.76. The maximum atomic E-state index is 5.16. The number of nitrogens with zero attached hydrogens (tertiary/aromatic N) is 3. The van der Waals surface area contributed by atoms with Gasteiger partial charge in [-0.1, -0.05) is 194 Å². The maximum Gasteiger partial charge on any atom is 0.164 e. The Labute approximate surface area is 316 Å². The molecule has 0 spiro atoms. The minimum absolute atomic E-state index is 0.621. The first kappa shape index (κ1) is 32.7. The van der Waals surface area contributed by atoms with Crippen LogP contribution in [0.1, 0.15) is 0 Å². The molecule has 0 atom stereocenters. The lowest BCUT2D eigenvalue weighted by Gasteiger charge is -2.13. The van der Waals surface area contributed by atoms with Crippen molar-refractivity contribution in [3.8, 4) is 89.8 Å². The molecule has 0 unspecified atom stereocenters. The van der Waals surface area contributed by atoms with Crippen LogP contribution in [0.3, 0.4) is 0 Å². The maximum absolute atomic E-state index is 5.16. The second-order valence-electron chi connectivity index (χ2n) is 13.3. The fourth-order valence-corrected chi connectivity index (χ4v) is 6.85. The van der Waals surface area contributed by atoms with Crippen LogP contribution in [0.2, 0.25) is 0 Å². The normalized spacial score (nSPS) is 11.0. The molecule has 54 heavy (non-hydrogen) atoms. The van der Waals surface area contributed by atoms with Gasteiger partial charge in [-0.05, 0) is 73.8 Å². The van der Waals surface area contributed by atoms with E-state index < -0.39 is 0 Å². The summed E-state index contributed by atoms with van der Waals surface area (Å²) < 4.78 is 0. The molecular weight excluding hydrogens is 655 g/mol. The molecule has 0 aliphatic rings. The summed E-state index contributed by atoms with van der Waals surface area (Å²) in [6.07, 6.45) is 0. The van der Waals surface area contributed by atoms with Gasteiger partial charge >= 0.3 is 0 Å². The minimum Gasteiger partial charge on any atom is -0.208 e. The molecule has 254 valence electrons. The number of rotatable bonds is 8. The molecule has 0 radical (unpaired) electrons. The molecule has 0 aliphatic carbocycles. The number of hydrogen-bond donors (Lipinski definition) is 0. The fraction of sp³-hybridized carbons (Fsp3) is 0. The first-order chi connectivity index (χ1) is 26.7. The van der Waals surface area contributed by atoms with Gasteiger partial charge in [-0.25, -0.2) is 15.0 Å². The standard InChI is InChI=1S/C51H35N3/c1-5-13-36(14-6-1)39-21-25-42(26-22-39)46-33-47(43-27-23-40(24-28-43)37-15-7-2-8-16-37)35-48(34-46)51-53-49(44-19-11-4-12-20-44)52-50(54-51)45-31-29-41(30-32-45)38-17-9-3-10-18-38/h1-35H. The summed E-state index contributed by atoms with van der Waals surface area (Å²) in [5, 5.41) is 0. The van der Waals surface area contributed by atoms with E-state index in [-0.39, 0.29) is 0 Å². The summed E-state index contributed by atoms with van der Waals surface area (Å²) in [7, 11) is 0. The first-order valence-corrected chi connectivity index (χ1v) is 18.2. The number of aromatic nitrogens is 3. The van der Waals surface area contributed by atoms with Crippen LogP contribution < -0.4 is 0 Å². The van der Waals surface area contributed by atoms with Crippen molar-refractivity contribution in [2.45, 2.75) is 0 Å². The molecule has 3 nitrogen and oxygen atoms in total. The molecule has 0 bridgehead atoms. The zero-order valence-corrected chi connectivity index (χ0v) is 29.5. The van der Waals surface area contributed by atoms with E-state index in [9.17, 15) is 0 Å². The third-order valence-electron chi connectivity index (χ3n) is 9.76. The highest BCUT2D eigenvalue weighted by Crippen LogP contribution is 2.35. The van der Waals surface area contributed by atoms with Crippen LogP contribution in [0.4, 0.5) is 0 Å². The Bertz CT molecular complexity index is 2540. The van der Waals surface area contributed by atoms with Crippen LogP contribution in [0.15, 0.2) is 212 Å². The highest BCUT2D eigenvalue weighted by Gasteiger charge is 2.15. The Morgan fingerprint density at radius 3 is 0.704 bits per heavy atom. The highest BCUT2D eigenvalue weighted by atomic mass is 15.0. The van der Waals surface area contributed by atoms with Gasteiger partial charge in [-0.2, -0.15) is 0 Å². The van der Waals surface area contributed by atoms with Gasteiger partial charge < -0.3 is 0 Å². The smallest absolute Gasteiger partial charge is 0.164 e. The van der Waals surface area contributed by atoms with Crippen LogP contribution in [0.25, 0.3) is 89.8 Å². The van der Waals surface area contributed by atoms with Crippen molar-refractivity contribution >= 4 is 0 Å². The average Bonchev–Trinajstić information content (AvgIpc) is 3.27. The van der Waals surface area contributed by atoms with Crippen LogP contribution >= 0.6 is 0 Å². The summed E-state index contributed by atoms with van der Waals surface area (Å²) in [5.41, 5.74) is 14.3. The van der Waals surface area contributed by atoms with Crippen LogP contribution in [0, 0.1) is 0 Å². The summed E-state index contributed by atoms with van der Waals surface area (Å²) >= 11 is 0. The monoisotopic (exact) mass is 689 g/mol. The zero-order chi connectivity index (χ0) is 36.1. The second-order valence-corrected chi connectivity index (χ2v) is 13.3. The topological polar surface area (TPSA) is 38.7 Å². The molecule has 0 saturated carbocycles. The van der Waals surface area contributed by atoms with Crippen molar-refractivity contribution in [3.63, 3.8) is 0 Å². The Balaban J connectivity index is 1.17. The largest absolute Gasteiger partial charge is 0.208 e. The first-order valence-electron chi connectivity index (χ1n) is 18.2. The van der Waals surface area contributed by atoms with Crippen molar-refractivity contribution in [2.24, 2.45) is 0 Å². The van der Waals surface area contributed by atoms with E-state index in [1.54, 1.807) is 0 Å². The van der Waals surface area contributed by atoms with Crippen molar-refractivity contribution in [1.29, 1.82) is 0 Å². The Hall–Kier alpha value is -7.23. The van der Waals surface area contributed by atoms with Crippen molar-refractivity contribution in [1.82, 2.24) is 15.0 Å². The highest BCUT2D eigenvalue weighted by molar-refractivity contribution is 5.82. The fourth-order valence-electron chi connectivity index (χ4n) is 6.85. The summed E-state index contributed by atoms with van der Waals surface area (Å²) in [6.45, 7) is 0. The van der Waals surface area contributed by atoms with Crippen molar-refractivity contribution < 1.29 is 0 Å². The lowest BCUT2D eigenvalue weighted by atomic mass is 9.93. The third kappa shape index (κ3) is 6.99. The molecular formula is C51H35N3. The van der Waals surface area contributed by atoms with E-state index in [2.05, 4.69) is 164 Å². The van der Waals surface area contributed by atoms with E-state index in [0.29, 0.717) is 17.5 Å². The quantitative estimate of drug-likeness (QED) is 0.159. The van der Waals surface area contributed by atoms with Crippen LogP contribution in [-0.4, -0.2) is 15.0 Å². The van der Waals surface area contributed by atoms with Crippen molar-refractivity contribution in [2.75, 3.05) is 0 Å². The molecule has 0 fully saturated rings. The molecule has 1 aromatic heterocycles.